The summed E-state index contributed by atoms with van der Waals surface area (Å²) in [7, 11) is 0. The van der Waals surface area contributed by atoms with E-state index in [0.717, 1.165) is 45.5 Å². The highest BCUT2D eigenvalue weighted by Crippen LogP contribution is 2.17. The van der Waals surface area contributed by atoms with Gasteiger partial charge in [-0.3, -0.25) is 0 Å². The zero-order chi connectivity index (χ0) is 14.9. The van der Waals surface area contributed by atoms with Gasteiger partial charge in [-0.15, -0.1) is 0 Å². The van der Waals surface area contributed by atoms with E-state index >= 15 is 0 Å². The van der Waals surface area contributed by atoms with Gasteiger partial charge in [0.05, 0.1) is 18.3 Å². The Bertz CT molecular complexity index is 462. The van der Waals surface area contributed by atoms with E-state index in [-0.39, 0.29) is 0 Å². The number of piperidine rings is 1. The van der Waals surface area contributed by atoms with E-state index < -0.39 is 0 Å². The Labute approximate surface area is 127 Å². The van der Waals surface area contributed by atoms with Crippen molar-refractivity contribution in [1.82, 2.24) is 4.90 Å². The van der Waals surface area contributed by atoms with Crippen molar-refractivity contribution in [3.05, 3.63) is 29.8 Å². The fourth-order valence-corrected chi connectivity index (χ4v) is 2.69. The van der Waals surface area contributed by atoms with E-state index in [0.29, 0.717) is 24.0 Å². The molecule has 1 aliphatic heterocycles. The topological polar surface area (TPSA) is 45.5 Å². The molecule has 0 bridgehead atoms. The fraction of sp³-hybridized carbons (Fsp3) is 0.588. The lowest BCUT2D eigenvalue weighted by Gasteiger charge is -2.31. The number of hydrogen-bond acceptors (Lipinski definition) is 4. The molecule has 4 nitrogen and oxygen atoms in total. The third-order valence-electron chi connectivity index (χ3n) is 3.82. The van der Waals surface area contributed by atoms with Gasteiger partial charge in [0.15, 0.2) is 0 Å². The third-order valence-corrected chi connectivity index (χ3v) is 3.82. The summed E-state index contributed by atoms with van der Waals surface area (Å²) < 4.78 is 11.4. The predicted molar refractivity (Wildman–Crippen MR) is 82.4 cm³/mol. The average molecular weight is 288 g/mol. The minimum Gasteiger partial charge on any atom is -0.492 e. The van der Waals surface area contributed by atoms with Gasteiger partial charge in [-0.2, -0.15) is 5.26 Å². The summed E-state index contributed by atoms with van der Waals surface area (Å²) in [5, 5.41) is 9.00. The molecule has 0 atom stereocenters. The van der Waals surface area contributed by atoms with Gasteiger partial charge in [-0.1, -0.05) is 12.1 Å². The van der Waals surface area contributed by atoms with Crippen LogP contribution in [0.3, 0.4) is 0 Å². The number of hydrogen-bond donors (Lipinski definition) is 0. The zero-order valence-corrected chi connectivity index (χ0v) is 12.8. The van der Waals surface area contributed by atoms with Crippen LogP contribution in [0.25, 0.3) is 0 Å². The highest BCUT2D eigenvalue weighted by atomic mass is 16.5. The van der Waals surface area contributed by atoms with Crippen LogP contribution in [-0.4, -0.2) is 43.9 Å². The molecule has 0 radical (unpaired) electrons. The second kappa shape index (κ2) is 8.66. The first-order valence-corrected chi connectivity index (χ1v) is 7.79. The molecule has 1 saturated heterocycles. The SMILES string of the molecule is CCOC1CCN(CCCOc2ccccc2C#N)CC1. The van der Waals surface area contributed by atoms with Crippen molar-refractivity contribution in [2.75, 3.05) is 32.8 Å². The second-order valence-corrected chi connectivity index (χ2v) is 5.31. The van der Waals surface area contributed by atoms with Crippen molar-refractivity contribution in [1.29, 1.82) is 5.26 Å². The summed E-state index contributed by atoms with van der Waals surface area (Å²) in [6.07, 6.45) is 3.70. The lowest BCUT2D eigenvalue weighted by molar-refractivity contribution is 0.0135. The van der Waals surface area contributed by atoms with Gasteiger partial charge in [-0.05, 0) is 38.3 Å². The number of para-hydroxylation sites is 1. The van der Waals surface area contributed by atoms with Crippen LogP contribution in [0.5, 0.6) is 5.75 Å². The zero-order valence-electron chi connectivity index (χ0n) is 12.8. The van der Waals surface area contributed by atoms with Gasteiger partial charge in [0, 0.05) is 26.2 Å². The highest BCUT2D eigenvalue weighted by molar-refractivity contribution is 5.42. The minimum atomic E-state index is 0.449. The Kier molecular flexibility index (Phi) is 6.52. The number of ether oxygens (including phenoxy) is 2. The van der Waals surface area contributed by atoms with Gasteiger partial charge in [0.25, 0.3) is 0 Å². The minimum absolute atomic E-state index is 0.449. The van der Waals surface area contributed by atoms with Gasteiger partial charge in [0.1, 0.15) is 11.8 Å². The van der Waals surface area contributed by atoms with Crippen molar-refractivity contribution in [2.45, 2.75) is 32.3 Å². The summed E-state index contributed by atoms with van der Waals surface area (Å²) in [6.45, 7) is 6.80. The Morgan fingerprint density at radius 3 is 2.76 bits per heavy atom. The molecule has 2 rings (SSSR count). The van der Waals surface area contributed by atoms with Crippen LogP contribution in [-0.2, 0) is 4.74 Å². The maximum Gasteiger partial charge on any atom is 0.137 e. The van der Waals surface area contributed by atoms with Gasteiger partial charge in [-0.25, -0.2) is 0 Å². The molecule has 1 fully saturated rings. The molecular formula is C17H24N2O2. The number of nitriles is 1. The molecule has 0 amide bonds. The van der Waals surface area contributed by atoms with Crippen LogP contribution in [0, 0.1) is 11.3 Å². The Morgan fingerprint density at radius 1 is 1.29 bits per heavy atom. The number of nitrogens with zero attached hydrogens (tertiary/aromatic N) is 2. The number of likely N-dealkylation sites (tertiary alicyclic amines) is 1. The first-order valence-electron chi connectivity index (χ1n) is 7.79. The molecule has 0 saturated carbocycles. The van der Waals surface area contributed by atoms with Crippen molar-refractivity contribution in [3.8, 4) is 11.8 Å². The molecule has 114 valence electrons. The van der Waals surface area contributed by atoms with Crippen LogP contribution < -0.4 is 4.74 Å². The summed E-state index contributed by atoms with van der Waals surface area (Å²) >= 11 is 0. The molecule has 1 heterocycles. The summed E-state index contributed by atoms with van der Waals surface area (Å²) in [6, 6.07) is 9.54. The largest absolute Gasteiger partial charge is 0.492 e. The van der Waals surface area contributed by atoms with Gasteiger partial charge >= 0.3 is 0 Å². The first-order chi connectivity index (χ1) is 10.3. The van der Waals surface area contributed by atoms with Crippen molar-refractivity contribution < 1.29 is 9.47 Å². The fourth-order valence-electron chi connectivity index (χ4n) is 2.69. The molecule has 4 heteroatoms. The monoisotopic (exact) mass is 288 g/mol. The summed E-state index contributed by atoms with van der Waals surface area (Å²) in [4.78, 5) is 2.47. The van der Waals surface area contributed by atoms with Gasteiger partial charge in [0.2, 0.25) is 0 Å². The highest BCUT2D eigenvalue weighted by Gasteiger charge is 2.18. The summed E-state index contributed by atoms with van der Waals surface area (Å²) in [5.41, 5.74) is 0.607. The molecule has 1 aliphatic rings. The van der Waals surface area contributed by atoms with Crippen LogP contribution in [0.4, 0.5) is 0 Å². The lowest BCUT2D eigenvalue weighted by Crippen LogP contribution is -2.37. The molecule has 1 aromatic carbocycles. The Balaban J connectivity index is 1.63. The average Bonchev–Trinajstić information content (AvgIpc) is 2.54. The molecule has 21 heavy (non-hydrogen) atoms. The Morgan fingerprint density at radius 2 is 2.05 bits per heavy atom. The second-order valence-electron chi connectivity index (χ2n) is 5.31. The molecule has 0 spiro atoms. The third kappa shape index (κ3) is 5.04. The Hall–Kier alpha value is -1.57. The first kappa shape index (κ1) is 15.8. The van der Waals surface area contributed by atoms with E-state index in [2.05, 4.69) is 17.9 Å². The standard InChI is InChI=1S/C17H24N2O2/c1-2-20-16-8-11-19(12-9-16)10-5-13-21-17-7-4-3-6-15(17)14-18/h3-4,6-7,16H,2,5,8-13H2,1H3. The molecule has 1 aromatic rings. The van der Waals surface area contributed by atoms with Crippen molar-refractivity contribution >= 4 is 0 Å². The van der Waals surface area contributed by atoms with Crippen LogP contribution in [0.15, 0.2) is 24.3 Å². The van der Waals surface area contributed by atoms with Crippen molar-refractivity contribution in [2.24, 2.45) is 0 Å². The van der Waals surface area contributed by atoms with Crippen molar-refractivity contribution in [3.63, 3.8) is 0 Å². The van der Waals surface area contributed by atoms with E-state index in [4.69, 9.17) is 14.7 Å². The van der Waals surface area contributed by atoms with Crippen LogP contribution in [0.1, 0.15) is 31.7 Å². The summed E-state index contributed by atoms with van der Waals surface area (Å²) in [5.74, 6) is 0.690. The molecular weight excluding hydrogens is 264 g/mol. The number of rotatable bonds is 7. The van der Waals surface area contributed by atoms with Crippen LogP contribution in [0.2, 0.25) is 0 Å². The quantitative estimate of drug-likeness (QED) is 0.724. The van der Waals surface area contributed by atoms with E-state index in [1.807, 2.05) is 18.2 Å². The molecule has 0 unspecified atom stereocenters. The maximum atomic E-state index is 9.00. The molecule has 0 aliphatic carbocycles. The van der Waals surface area contributed by atoms with Crippen LogP contribution >= 0.6 is 0 Å². The normalized spacial score (nSPS) is 16.6. The van der Waals surface area contributed by atoms with E-state index in [9.17, 15) is 0 Å². The molecule has 0 N–H and O–H groups in total. The van der Waals surface area contributed by atoms with Gasteiger partial charge < -0.3 is 14.4 Å². The molecule has 0 aromatic heterocycles. The smallest absolute Gasteiger partial charge is 0.137 e. The maximum absolute atomic E-state index is 9.00. The number of benzene rings is 1. The predicted octanol–water partition coefficient (Wildman–Crippen LogP) is 2.83. The van der Waals surface area contributed by atoms with E-state index in [1.165, 1.54) is 0 Å². The lowest BCUT2D eigenvalue weighted by atomic mass is 10.1. The van der Waals surface area contributed by atoms with E-state index in [1.54, 1.807) is 6.07 Å².